The van der Waals surface area contributed by atoms with Crippen LogP contribution in [-0.4, -0.2) is 15.0 Å². The lowest BCUT2D eigenvalue weighted by molar-refractivity contribution is 0.581. The molecule has 0 saturated carbocycles. The van der Waals surface area contributed by atoms with E-state index in [0.29, 0.717) is 22.0 Å². The minimum atomic E-state index is -3.79. The van der Waals surface area contributed by atoms with Gasteiger partial charge in [0.1, 0.15) is 13.6 Å². The van der Waals surface area contributed by atoms with Crippen molar-refractivity contribution in [3.05, 3.63) is 47.0 Å². The molecule has 1 N–H and O–H groups in total. The molecule has 0 aliphatic rings. The van der Waals surface area contributed by atoms with Gasteiger partial charge in [-0.1, -0.05) is 52.5 Å². The number of benzene rings is 1. The van der Waals surface area contributed by atoms with E-state index in [-0.39, 0.29) is 24.6 Å². The van der Waals surface area contributed by atoms with Gasteiger partial charge in [0, 0.05) is 16.6 Å². The average Bonchev–Trinajstić information content (AvgIpc) is 2.67. The maximum absolute atomic E-state index is 12.3. The Morgan fingerprint density at radius 2 is 1.68 bits per heavy atom. The lowest BCUT2D eigenvalue weighted by Crippen LogP contribution is -2.26. The van der Waals surface area contributed by atoms with Gasteiger partial charge in [0.25, 0.3) is 0 Å². The molecule has 0 saturated heterocycles. The molecule has 0 aliphatic heterocycles. The van der Waals surface area contributed by atoms with Crippen LogP contribution in [0.1, 0.15) is 5.56 Å². The van der Waals surface area contributed by atoms with Crippen molar-refractivity contribution in [2.24, 2.45) is 0 Å². The summed E-state index contributed by atoms with van der Waals surface area (Å²) in [5.74, 6) is 0. The van der Waals surface area contributed by atoms with E-state index in [4.69, 9.17) is 46.4 Å². The van der Waals surface area contributed by atoms with Gasteiger partial charge in [0.15, 0.2) is 0 Å². The molecule has 1 heterocycles. The number of thiophene rings is 1. The zero-order valence-corrected chi connectivity index (χ0v) is 16.9. The van der Waals surface area contributed by atoms with Gasteiger partial charge in [-0.15, -0.1) is 11.3 Å². The van der Waals surface area contributed by atoms with E-state index in [1.807, 2.05) is 0 Å². The first-order chi connectivity index (χ1) is 10.2. The normalized spacial score (nSPS) is 11.9. The fourth-order valence-electron chi connectivity index (χ4n) is 1.72. The van der Waals surface area contributed by atoms with Crippen LogP contribution in [0.15, 0.2) is 27.6 Å². The molecule has 0 atom stereocenters. The molecule has 1 aromatic carbocycles. The standard InChI is InChI=1S/C12H8BrCl4NO2S2/c13-9-10(12(17)21-11(9)16)22(19,20)18-5-4-6-7(14)2-1-3-8(6)15/h1-3,18H,4-5H2. The number of rotatable bonds is 5. The molecule has 2 aromatic rings. The minimum absolute atomic E-state index is 0.0607. The molecule has 120 valence electrons. The third-order valence-electron chi connectivity index (χ3n) is 2.73. The van der Waals surface area contributed by atoms with Gasteiger partial charge in [0.2, 0.25) is 10.0 Å². The first-order valence-electron chi connectivity index (χ1n) is 5.80. The Morgan fingerprint density at radius 3 is 2.18 bits per heavy atom. The molecule has 0 unspecified atom stereocenters. The van der Waals surface area contributed by atoms with Crippen molar-refractivity contribution in [1.29, 1.82) is 0 Å². The molecule has 10 heteroatoms. The molecular weight excluding hydrogens is 476 g/mol. The molecular formula is C12H8BrCl4NO2S2. The SMILES string of the molecule is O=S(=O)(NCCc1c(Cl)cccc1Cl)c1c(Cl)sc(Cl)c1Br. The van der Waals surface area contributed by atoms with Gasteiger partial charge in [-0.2, -0.15) is 0 Å². The molecule has 0 bridgehead atoms. The Bertz CT molecular complexity index is 787. The smallest absolute Gasteiger partial charge is 0.211 e. The molecule has 22 heavy (non-hydrogen) atoms. The van der Waals surface area contributed by atoms with Gasteiger partial charge in [-0.05, 0) is 40.0 Å². The number of hydrogen-bond donors (Lipinski definition) is 1. The van der Waals surface area contributed by atoms with E-state index in [2.05, 4.69) is 20.7 Å². The Balaban J connectivity index is 2.14. The van der Waals surface area contributed by atoms with Crippen molar-refractivity contribution < 1.29 is 8.42 Å². The predicted octanol–water partition coefficient (Wildman–Crippen LogP) is 5.65. The van der Waals surface area contributed by atoms with Crippen LogP contribution in [0, 0.1) is 0 Å². The summed E-state index contributed by atoms with van der Waals surface area (Å²) in [6.45, 7) is 0.127. The van der Waals surface area contributed by atoms with Crippen LogP contribution in [0.2, 0.25) is 18.7 Å². The van der Waals surface area contributed by atoms with E-state index in [1.54, 1.807) is 18.2 Å². The maximum atomic E-state index is 12.3. The Morgan fingerprint density at radius 1 is 1.09 bits per heavy atom. The summed E-state index contributed by atoms with van der Waals surface area (Å²) in [4.78, 5) is -0.0607. The molecule has 1 aromatic heterocycles. The molecule has 0 aliphatic carbocycles. The second-order valence-corrected chi connectivity index (χ2v) is 9.68. The largest absolute Gasteiger partial charge is 0.244 e. The van der Waals surface area contributed by atoms with Crippen molar-refractivity contribution in [1.82, 2.24) is 4.72 Å². The number of halogens is 5. The van der Waals surface area contributed by atoms with Crippen molar-refractivity contribution in [2.75, 3.05) is 6.54 Å². The third kappa shape index (κ3) is 4.11. The van der Waals surface area contributed by atoms with Crippen molar-refractivity contribution >= 4 is 83.7 Å². The van der Waals surface area contributed by atoms with Crippen LogP contribution in [-0.2, 0) is 16.4 Å². The fourth-order valence-corrected chi connectivity index (χ4v) is 6.89. The lowest BCUT2D eigenvalue weighted by Gasteiger charge is -2.09. The molecule has 0 radical (unpaired) electrons. The average molecular weight is 484 g/mol. The zero-order chi connectivity index (χ0) is 16.5. The van der Waals surface area contributed by atoms with Gasteiger partial charge in [0.05, 0.1) is 4.47 Å². The first-order valence-corrected chi connectivity index (χ1v) is 10.4. The van der Waals surface area contributed by atoms with Crippen LogP contribution < -0.4 is 4.72 Å². The van der Waals surface area contributed by atoms with Gasteiger partial charge >= 0.3 is 0 Å². The lowest BCUT2D eigenvalue weighted by atomic mass is 10.1. The van der Waals surface area contributed by atoms with Crippen LogP contribution in [0.3, 0.4) is 0 Å². The van der Waals surface area contributed by atoms with E-state index < -0.39 is 10.0 Å². The minimum Gasteiger partial charge on any atom is -0.211 e. The molecule has 0 spiro atoms. The van der Waals surface area contributed by atoms with E-state index in [9.17, 15) is 8.42 Å². The highest BCUT2D eigenvalue weighted by molar-refractivity contribution is 9.10. The van der Waals surface area contributed by atoms with E-state index in [1.165, 1.54) is 0 Å². The number of sulfonamides is 1. The van der Waals surface area contributed by atoms with Crippen LogP contribution in [0.4, 0.5) is 0 Å². The summed E-state index contributed by atoms with van der Waals surface area (Å²) >= 11 is 28.0. The highest BCUT2D eigenvalue weighted by Crippen LogP contribution is 2.42. The highest BCUT2D eigenvalue weighted by Gasteiger charge is 2.26. The summed E-state index contributed by atoms with van der Waals surface area (Å²) in [5, 5.41) is 0.981. The molecule has 0 fully saturated rings. The Hall–Kier alpha value is 0.470. The summed E-state index contributed by atoms with van der Waals surface area (Å²) in [6.07, 6.45) is 0.352. The van der Waals surface area contributed by atoms with Crippen molar-refractivity contribution in [3.8, 4) is 0 Å². The fraction of sp³-hybridized carbons (Fsp3) is 0.167. The second-order valence-electron chi connectivity index (χ2n) is 4.14. The second kappa shape index (κ2) is 7.57. The summed E-state index contributed by atoms with van der Waals surface area (Å²) < 4.78 is 27.7. The van der Waals surface area contributed by atoms with Crippen LogP contribution in [0.25, 0.3) is 0 Å². The van der Waals surface area contributed by atoms with Gasteiger partial charge in [-0.25, -0.2) is 13.1 Å². The summed E-state index contributed by atoms with van der Waals surface area (Å²) in [7, 11) is -3.79. The van der Waals surface area contributed by atoms with Crippen LogP contribution in [0.5, 0.6) is 0 Å². The predicted molar refractivity (Wildman–Crippen MR) is 97.4 cm³/mol. The Labute approximate surface area is 160 Å². The van der Waals surface area contributed by atoms with Gasteiger partial charge < -0.3 is 0 Å². The maximum Gasteiger partial charge on any atom is 0.244 e. The molecule has 3 nitrogen and oxygen atoms in total. The first kappa shape index (κ1) is 18.8. The number of nitrogens with one attached hydrogen (secondary N) is 1. The number of hydrogen-bond acceptors (Lipinski definition) is 3. The highest BCUT2D eigenvalue weighted by atomic mass is 79.9. The van der Waals surface area contributed by atoms with Crippen molar-refractivity contribution in [3.63, 3.8) is 0 Å². The molecule has 0 amide bonds. The monoisotopic (exact) mass is 481 g/mol. The Kier molecular flexibility index (Phi) is 6.47. The molecule has 2 rings (SSSR count). The van der Waals surface area contributed by atoms with E-state index >= 15 is 0 Å². The van der Waals surface area contributed by atoms with Gasteiger partial charge in [-0.3, -0.25) is 0 Å². The quantitative estimate of drug-likeness (QED) is 0.597. The topological polar surface area (TPSA) is 46.2 Å². The van der Waals surface area contributed by atoms with Crippen molar-refractivity contribution in [2.45, 2.75) is 11.3 Å². The van der Waals surface area contributed by atoms with Crippen LogP contribution >= 0.6 is 73.7 Å². The third-order valence-corrected chi connectivity index (χ3v) is 8.36. The summed E-state index contributed by atoms with van der Waals surface area (Å²) in [5.41, 5.74) is 0.682. The zero-order valence-electron chi connectivity index (χ0n) is 10.7. The summed E-state index contributed by atoms with van der Waals surface area (Å²) in [6, 6.07) is 5.12. The van der Waals surface area contributed by atoms with E-state index in [0.717, 1.165) is 11.3 Å².